The fourth-order valence-electron chi connectivity index (χ4n) is 2.00. The summed E-state index contributed by atoms with van der Waals surface area (Å²) in [5.41, 5.74) is 2.66. The van der Waals surface area contributed by atoms with E-state index in [1.165, 1.54) is 12.1 Å². The molecule has 6 heteroatoms. The van der Waals surface area contributed by atoms with Crippen LogP contribution in [0.25, 0.3) is 0 Å². The van der Waals surface area contributed by atoms with Crippen molar-refractivity contribution in [3.05, 3.63) is 45.4 Å². The van der Waals surface area contributed by atoms with Crippen molar-refractivity contribution in [1.82, 2.24) is 15.1 Å². The lowest BCUT2D eigenvalue weighted by Crippen LogP contribution is -2.09. The lowest BCUT2D eigenvalue weighted by molar-refractivity contribution is 0.290. The molecule has 0 saturated carbocycles. The summed E-state index contributed by atoms with van der Waals surface area (Å²) in [6, 6.07) is 4.53. The first-order chi connectivity index (χ1) is 9.52. The fourth-order valence-corrected chi connectivity index (χ4v) is 2.45. The van der Waals surface area contributed by atoms with Crippen molar-refractivity contribution in [3.63, 3.8) is 0 Å². The van der Waals surface area contributed by atoms with Crippen LogP contribution in [-0.2, 0) is 20.2 Å². The topological polar surface area (TPSA) is 39.1 Å². The molecule has 0 atom stereocenters. The largest absolute Gasteiger partial charge is 0.487 e. The van der Waals surface area contributed by atoms with E-state index in [9.17, 15) is 4.39 Å². The van der Waals surface area contributed by atoms with Gasteiger partial charge in [0.15, 0.2) is 0 Å². The van der Waals surface area contributed by atoms with E-state index in [0.717, 1.165) is 21.4 Å². The Hall–Kier alpha value is -1.40. The highest BCUT2D eigenvalue weighted by Crippen LogP contribution is 2.24. The Morgan fingerprint density at radius 3 is 2.80 bits per heavy atom. The molecule has 1 aromatic carbocycles. The average Bonchev–Trinajstić information content (AvgIpc) is 2.64. The van der Waals surface area contributed by atoms with Crippen LogP contribution in [0.15, 0.2) is 22.7 Å². The van der Waals surface area contributed by atoms with Gasteiger partial charge in [-0.15, -0.1) is 0 Å². The van der Waals surface area contributed by atoms with E-state index < -0.39 is 0 Å². The molecule has 20 heavy (non-hydrogen) atoms. The Balaban J connectivity index is 2.18. The lowest BCUT2D eigenvalue weighted by Gasteiger charge is -2.12. The molecule has 0 unspecified atom stereocenters. The molecule has 4 nitrogen and oxygen atoms in total. The SMILES string of the molecule is CNCc1cc(F)ccc1OCc1c(Br)c(C)nn1C. The van der Waals surface area contributed by atoms with Gasteiger partial charge in [-0.25, -0.2) is 4.39 Å². The molecule has 0 aliphatic heterocycles. The van der Waals surface area contributed by atoms with Crippen molar-refractivity contribution in [2.75, 3.05) is 7.05 Å². The summed E-state index contributed by atoms with van der Waals surface area (Å²) in [5, 5.41) is 7.32. The average molecular weight is 342 g/mol. The van der Waals surface area contributed by atoms with Gasteiger partial charge in [0.05, 0.1) is 15.9 Å². The summed E-state index contributed by atoms with van der Waals surface area (Å²) >= 11 is 3.50. The number of ether oxygens (including phenoxy) is 1. The molecule has 0 aliphatic rings. The summed E-state index contributed by atoms with van der Waals surface area (Å²) in [5.74, 6) is 0.409. The van der Waals surface area contributed by atoms with Crippen LogP contribution in [0.2, 0.25) is 0 Å². The summed E-state index contributed by atoms with van der Waals surface area (Å²) in [4.78, 5) is 0. The van der Waals surface area contributed by atoms with E-state index in [-0.39, 0.29) is 5.82 Å². The summed E-state index contributed by atoms with van der Waals surface area (Å²) in [7, 11) is 3.69. The van der Waals surface area contributed by atoms with Crippen molar-refractivity contribution in [3.8, 4) is 5.75 Å². The van der Waals surface area contributed by atoms with Gasteiger partial charge in [-0.2, -0.15) is 5.10 Å². The number of nitrogens with one attached hydrogen (secondary N) is 1. The maximum Gasteiger partial charge on any atom is 0.131 e. The number of benzene rings is 1. The van der Waals surface area contributed by atoms with Gasteiger partial charge in [-0.3, -0.25) is 4.68 Å². The maximum atomic E-state index is 13.3. The van der Waals surface area contributed by atoms with E-state index in [1.54, 1.807) is 10.7 Å². The van der Waals surface area contributed by atoms with Crippen LogP contribution in [0, 0.1) is 12.7 Å². The van der Waals surface area contributed by atoms with Crippen LogP contribution in [-0.4, -0.2) is 16.8 Å². The molecule has 0 spiro atoms. The van der Waals surface area contributed by atoms with Crippen LogP contribution >= 0.6 is 15.9 Å². The van der Waals surface area contributed by atoms with E-state index in [4.69, 9.17) is 4.74 Å². The maximum absolute atomic E-state index is 13.3. The number of nitrogens with zero attached hydrogens (tertiary/aromatic N) is 2. The van der Waals surface area contributed by atoms with Crippen molar-refractivity contribution in [1.29, 1.82) is 0 Å². The Labute approximate surface area is 126 Å². The molecule has 0 fully saturated rings. The van der Waals surface area contributed by atoms with E-state index in [2.05, 4.69) is 26.3 Å². The standard InChI is InChI=1S/C14H17BrFN3O/c1-9-14(15)12(19(3)18-9)8-20-13-5-4-11(16)6-10(13)7-17-2/h4-6,17H,7-8H2,1-3H3. The van der Waals surface area contributed by atoms with Crippen molar-refractivity contribution in [2.24, 2.45) is 7.05 Å². The normalized spacial score (nSPS) is 10.8. The first-order valence-electron chi connectivity index (χ1n) is 6.26. The third-order valence-electron chi connectivity index (χ3n) is 3.02. The predicted octanol–water partition coefficient (Wildman–Crippen LogP) is 2.93. The molecule has 108 valence electrons. The summed E-state index contributed by atoms with van der Waals surface area (Å²) in [6.07, 6.45) is 0. The molecule has 1 heterocycles. The molecule has 0 amide bonds. The number of aromatic nitrogens is 2. The Bertz CT molecular complexity index is 613. The zero-order valence-corrected chi connectivity index (χ0v) is 13.3. The van der Waals surface area contributed by atoms with Gasteiger partial charge in [0.25, 0.3) is 0 Å². The van der Waals surface area contributed by atoms with Gasteiger partial charge in [-0.1, -0.05) is 0 Å². The van der Waals surface area contributed by atoms with Gasteiger partial charge in [-0.05, 0) is 48.1 Å². The second-order valence-electron chi connectivity index (χ2n) is 4.54. The van der Waals surface area contributed by atoms with E-state index in [0.29, 0.717) is 18.9 Å². The second-order valence-corrected chi connectivity index (χ2v) is 5.33. The lowest BCUT2D eigenvalue weighted by atomic mass is 10.2. The molecular formula is C14H17BrFN3O. The van der Waals surface area contributed by atoms with Gasteiger partial charge < -0.3 is 10.1 Å². The van der Waals surface area contributed by atoms with Crippen LogP contribution in [0.4, 0.5) is 4.39 Å². The van der Waals surface area contributed by atoms with Crippen LogP contribution < -0.4 is 10.1 Å². The third-order valence-corrected chi connectivity index (χ3v) is 4.05. The minimum atomic E-state index is -0.264. The number of hydrogen-bond donors (Lipinski definition) is 1. The highest BCUT2D eigenvalue weighted by atomic mass is 79.9. The quantitative estimate of drug-likeness (QED) is 0.908. The minimum Gasteiger partial charge on any atom is -0.487 e. The molecule has 2 aromatic rings. The smallest absolute Gasteiger partial charge is 0.131 e. The zero-order valence-electron chi connectivity index (χ0n) is 11.7. The number of hydrogen-bond acceptors (Lipinski definition) is 3. The summed E-state index contributed by atoms with van der Waals surface area (Å²) in [6.45, 7) is 2.86. The Morgan fingerprint density at radius 2 is 2.20 bits per heavy atom. The number of aryl methyl sites for hydroxylation is 2. The molecule has 1 N–H and O–H groups in total. The first kappa shape index (κ1) is 15.0. The molecule has 2 rings (SSSR count). The third kappa shape index (κ3) is 3.19. The van der Waals surface area contributed by atoms with Crippen molar-refractivity contribution >= 4 is 15.9 Å². The van der Waals surface area contributed by atoms with E-state index >= 15 is 0 Å². The Morgan fingerprint density at radius 1 is 1.45 bits per heavy atom. The minimum absolute atomic E-state index is 0.264. The molecule has 0 saturated heterocycles. The van der Waals surface area contributed by atoms with Crippen molar-refractivity contribution in [2.45, 2.75) is 20.1 Å². The first-order valence-corrected chi connectivity index (χ1v) is 7.06. The van der Waals surface area contributed by atoms with Gasteiger partial charge >= 0.3 is 0 Å². The highest BCUT2D eigenvalue weighted by molar-refractivity contribution is 9.10. The Kier molecular flexibility index (Phi) is 4.77. The monoisotopic (exact) mass is 341 g/mol. The summed E-state index contributed by atoms with van der Waals surface area (Å²) < 4.78 is 21.8. The van der Waals surface area contributed by atoms with Gasteiger partial charge in [0.1, 0.15) is 18.2 Å². The van der Waals surface area contributed by atoms with Crippen LogP contribution in [0.1, 0.15) is 17.0 Å². The molecule has 0 bridgehead atoms. The van der Waals surface area contributed by atoms with Crippen LogP contribution in [0.5, 0.6) is 5.75 Å². The highest BCUT2D eigenvalue weighted by Gasteiger charge is 2.12. The predicted molar refractivity (Wildman–Crippen MR) is 79.1 cm³/mol. The number of rotatable bonds is 5. The van der Waals surface area contributed by atoms with E-state index in [1.807, 2.05) is 21.0 Å². The molecular weight excluding hydrogens is 325 g/mol. The number of halogens is 2. The van der Waals surface area contributed by atoms with Gasteiger partial charge in [0.2, 0.25) is 0 Å². The van der Waals surface area contributed by atoms with Gasteiger partial charge in [0, 0.05) is 19.2 Å². The molecule has 0 radical (unpaired) electrons. The zero-order chi connectivity index (χ0) is 14.7. The van der Waals surface area contributed by atoms with Crippen LogP contribution in [0.3, 0.4) is 0 Å². The molecule has 1 aromatic heterocycles. The molecule has 0 aliphatic carbocycles. The second kappa shape index (κ2) is 6.37. The van der Waals surface area contributed by atoms with Crippen molar-refractivity contribution < 1.29 is 9.13 Å². The fraction of sp³-hybridized carbons (Fsp3) is 0.357.